The van der Waals surface area contributed by atoms with E-state index in [0.717, 1.165) is 0 Å². The summed E-state index contributed by atoms with van der Waals surface area (Å²) in [4.78, 5) is 24.5. The van der Waals surface area contributed by atoms with Crippen molar-refractivity contribution in [3.8, 4) is 0 Å². The number of furan rings is 1. The normalized spacial score (nSPS) is 19.2. The zero-order valence-corrected chi connectivity index (χ0v) is 9.85. The van der Waals surface area contributed by atoms with Crippen molar-refractivity contribution >= 4 is 23.3 Å². The fourth-order valence-electron chi connectivity index (χ4n) is 2.16. The molecule has 0 spiro atoms. The molecule has 1 aromatic rings. The second kappa shape index (κ2) is 3.80. The quantitative estimate of drug-likeness (QED) is 0.813. The summed E-state index contributed by atoms with van der Waals surface area (Å²) in [6.45, 7) is 3.87. The molecule has 1 aliphatic heterocycles. The molecule has 0 saturated carbocycles. The highest BCUT2D eigenvalue weighted by molar-refractivity contribution is 6.08. The van der Waals surface area contributed by atoms with Crippen molar-refractivity contribution in [1.29, 1.82) is 0 Å². The monoisotopic (exact) mass is 238 g/mol. The third kappa shape index (κ3) is 1.65. The number of carbonyl (C=O) groups is 2. The highest BCUT2D eigenvalue weighted by Gasteiger charge is 2.36. The van der Waals surface area contributed by atoms with Crippen LogP contribution >= 0.6 is 0 Å². The standard InChI is InChI=1S/C11H14N2O4/c1-5(2)8-10(14)12-7-6(13(8)3)4-17-9(7)11(15)16/h4-5,8H,1-3H3,(H,12,14)(H,15,16)/t8-/m0/s1. The van der Waals surface area contributed by atoms with E-state index in [9.17, 15) is 9.59 Å². The first-order valence-corrected chi connectivity index (χ1v) is 5.32. The van der Waals surface area contributed by atoms with Gasteiger partial charge in [0.2, 0.25) is 11.7 Å². The Labute approximate surface area is 98.2 Å². The first-order chi connectivity index (χ1) is 7.93. The van der Waals surface area contributed by atoms with E-state index >= 15 is 0 Å². The van der Waals surface area contributed by atoms with E-state index in [-0.39, 0.29) is 29.3 Å². The maximum atomic E-state index is 11.9. The number of rotatable bonds is 2. The summed E-state index contributed by atoms with van der Waals surface area (Å²) >= 11 is 0. The lowest BCUT2D eigenvalue weighted by Gasteiger charge is -2.35. The Bertz CT molecular complexity index is 478. The summed E-state index contributed by atoms with van der Waals surface area (Å²) in [6, 6.07) is -0.318. The number of nitrogens with one attached hydrogen (secondary N) is 1. The van der Waals surface area contributed by atoms with Crippen LogP contribution in [-0.4, -0.2) is 30.1 Å². The first kappa shape index (κ1) is 11.5. The molecule has 6 nitrogen and oxygen atoms in total. The van der Waals surface area contributed by atoms with Crippen molar-refractivity contribution in [1.82, 2.24) is 0 Å². The largest absolute Gasteiger partial charge is 0.475 e. The molecule has 6 heteroatoms. The van der Waals surface area contributed by atoms with Gasteiger partial charge in [-0.2, -0.15) is 0 Å². The van der Waals surface area contributed by atoms with E-state index in [0.29, 0.717) is 5.69 Å². The predicted molar refractivity (Wildman–Crippen MR) is 61.3 cm³/mol. The fraction of sp³-hybridized carbons (Fsp3) is 0.455. The minimum absolute atomic E-state index is 0.122. The molecule has 1 aromatic heterocycles. The zero-order valence-electron chi connectivity index (χ0n) is 9.85. The van der Waals surface area contributed by atoms with Gasteiger partial charge in [-0.05, 0) is 5.92 Å². The smallest absolute Gasteiger partial charge is 0.374 e. The molecule has 1 aliphatic rings. The number of carboxylic acids is 1. The molecule has 2 heterocycles. The molecular weight excluding hydrogens is 224 g/mol. The topological polar surface area (TPSA) is 82.8 Å². The highest BCUT2D eigenvalue weighted by Crippen LogP contribution is 2.37. The second-order valence-electron chi connectivity index (χ2n) is 4.42. The van der Waals surface area contributed by atoms with Crippen LogP contribution in [0, 0.1) is 5.92 Å². The van der Waals surface area contributed by atoms with Gasteiger partial charge in [-0.3, -0.25) is 4.79 Å². The number of fused-ring (bicyclic) bond motifs is 1. The Kier molecular flexibility index (Phi) is 2.57. The van der Waals surface area contributed by atoms with Crippen molar-refractivity contribution in [3.63, 3.8) is 0 Å². The van der Waals surface area contributed by atoms with Gasteiger partial charge in [-0.1, -0.05) is 13.8 Å². The van der Waals surface area contributed by atoms with Gasteiger partial charge in [0.15, 0.2) is 0 Å². The third-order valence-electron chi connectivity index (χ3n) is 2.91. The summed E-state index contributed by atoms with van der Waals surface area (Å²) in [5.74, 6) is -1.51. The molecule has 0 aromatic carbocycles. The summed E-state index contributed by atoms with van der Waals surface area (Å²) in [7, 11) is 1.75. The minimum atomic E-state index is -1.19. The van der Waals surface area contributed by atoms with Crippen molar-refractivity contribution in [2.24, 2.45) is 5.92 Å². The number of nitrogens with zero attached hydrogens (tertiary/aromatic N) is 1. The highest BCUT2D eigenvalue weighted by atomic mass is 16.4. The molecule has 0 fully saturated rings. The van der Waals surface area contributed by atoms with Crippen LogP contribution in [0.25, 0.3) is 0 Å². The number of carboxylic acid groups (broad SMARTS) is 1. The molecule has 0 radical (unpaired) electrons. The number of carbonyl (C=O) groups excluding carboxylic acids is 1. The zero-order chi connectivity index (χ0) is 12.7. The number of hydrogen-bond donors (Lipinski definition) is 2. The van der Waals surface area contributed by atoms with E-state index in [1.165, 1.54) is 6.26 Å². The Morgan fingerprint density at radius 2 is 2.24 bits per heavy atom. The second-order valence-corrected chi connectivity index (χ2v) is 4.42. The molecule has 0 aliphatic carbocycles. The molecule has 0 saturated heterocycles. The lowest BCUT2D eigenvalue weighted by atomic mass is 9.99. The van der Waals surface area contributed by atoms with Gasteiger partial charge < -0.3 is 19.7 Å². The van der Waals surface area contributed by atoms with E-state index < -0.39 is 5.97 Å². The summed E-state index contributed by atoms with van der Waals surface area (Å²) in [6.07, 6.45) is 1.35. The average Bonchev–Trinajstić information content (AvgIpc) is 2.60. The average molecular weight is 238 g/mol. The van der Waals surface area contributed by atoms with Crippen molar-refractivity contribution < 1.29 is 19.1 Å². The van der Waals surface area contributed by atoms with E-state index in [2.05, 4.69) is 5.32 Å². The van der Waals surface area contributed by atoms with Crippen LogP contribution in [0.3, 0.4) is 0 Å². The molecule has 0 bridgehead atoms. The van der Waals surface area contributed by atoms with Gasteiger partial charge in [0.05, 0.1) is 0 Å². The molecular formula is C11H14N2O4. The minimum Gasteiger partial charge on any atom is -0.475 e. The van der Waals surface area contributed by atoms with E-state index in [1.54, 1.807) is 11.9 Å². The Morgan fingerprint density at radius 1 is 1.59 bits per heavy atom. The van der Waals surface area contributed by atoms with Gasteiger partial charge >= 0.3 is 5.97 Å². The van der Waals surface area contributed by atoms with Gasteiger partial charge in [0, 0.05) is 7.05 Å². The van der Waals surface area contributed by atoms with Crippen LogP contribution in [-0.2, 0) is 4.79 Å². The molecule has 2 rings (SSSR count). The van der Waals surface area contributed by atoms with Crippen LogP contribution in [0.1, 0.15) is 24.4 Å². The number of anilines is 2. The fourth-order valence-corrected chi connectivity index (χ4v) is 2.16. The molecule has 0 unspecified atom stereocenters. The Hall–Kier alpha value is -1.98. The van der Waals surface area contributed by atoms with Crippen molar-refractivity contribution in [3.05, 3.63) is 12.0 Å². The van der Waals surface area contributed by atoms with E-state index in [4.69, 9.17) is 9.52 Å². The molecule has 17 heavy (non-hydrogen) atoms. The summed E-state index contributed by atoms with van der Waals surface area (Å²) in [5, 5.41) is 11.5. The molecule has 1 atom stereocenters. The summed E-state index contributed by atoms with van der Waals surface area (Å²) in [5.41, 5.74) is 0.836. The lowest BCUT2D eigenvalue weighted by molar-refractivity contribution is -0.118. The van der Waals surface area contributed by atoms with Crippen LogP contribution in [0.5, 0.6) is 0 Å². The van der Waals surface area contributed by atoms with Crippen LogP contribution in [0.4, 0.5) is 11.4 Å². The van der Waals surface area contributed by atoms with Crippen molar-refractivity contribution in [2.75, 3.05) is 17.3 Å². The molecule has 92 valence electrons. The van der Waals surface area contributed by atoms with Crippen LogP contribution in [0.2, 0.25) is 0 Å². The SMILES string of the molecule is CC(C)[C@H]1C(=O)Nc2c(coc2C(=O)O)N1C. The number of hydrogen-bond acceptors (Lipinski definition) is 4. The van der Waals surface area contributed by atoms with Gasteiger partial charge in [-0.15, -0.1) is 0 Å². The van der Waals surface area contributed by atoms with E-state index in [1.807, 2.05) is 13.8 Å². The number of likely N-dealkylation sites (N-methyl/N-ethyl adjacent to an activating group) is 1. The third-order valence-corrected chi connectivity index (χ3v) is 2.91. The maximum absolute atomic E-state index is 11.9. The maximum Gasteiger partial charge on any atom is 0.374 e. The Morgan fingerprint density at radius 3 is 2.76 bits per heavy atom. The first-order valence-electron chi connectivity index (χ1n) is 5.32. The number of aromatic carboxylic acids is 1. The van der Waals surface area contributed by atoms with Gasteiger partial charge in [-0.25, -0.2) is 4.79 Å². The molecule has 1 amide bonds. The predicted octanol–water partition coefficient (Wildman–Crippen LogP) is 1.39. The van der Waals surface area contributed by atoms with Gasteiger partial charge in [0.1, 0.15) is 23.7 Å². The summed E-state index contributed by atoms with van der Waals surface area (Å²) < 4.78 is 4.97. The van der Waals surface area contributed by atoms with Gasteiger partial charge in [0.25, 0.3) is 0 Å². The molecule has 2 N–H and O–H groups in total. The number of amides is 1. The van der Waals surface area contributed by atoms with Crippen LogP contribution < -0.4 is 10.2 Å². The van der Waals surface area contributed by atoms with Crippen LogP contribution in [0.15, 0.2) is 10.7 Å². The lowest BCUT2D eigenvalue weighted by Crippen LogP contribution is -2.48. The Balaban J connectivity index is 2.47. The van der Waals surface area contributed by atoms with Crippen molar-refractivity contribution in [2.45, 2.75) is 19.9 Å².